The van der Waals surface area contributed by atoms with Gasteiger partial charge in [-0.2, -0.15) is 0 Å². The van der Waals surface area contributed by atoms with Crippen LogP contribution in [0.2, 0.25) is 0 Å². The molecule has 1 saturated heterocycles. The van der Waals surface area contributed by atoms with Crippen LogP contribution in [0.25, 0.3) is 0 Å². The number of hydrogen-bond donors (Lipinski definition) is 1. The van der Waals surface area contributed by atoms with Gasteiger partial charge >= 0.3 is 0 Å². The number of carbonyl (C=O) groups is 2. The number of nitrogens with two attached hydrogens (primary N) is 1. The van der Waals surface area contributed by atoms with Crippen molar-refractivity contribution in [2.75, 3.05) is 25.0 Å². The van der Waals surface area contributed by atoms with Gasteiger partial charge in [-0.05, 0) is 31.0 Å². The molecule has 2 atom stereocenters. The Labute approximate surface area is 144 Å². The average Bonchev–Trinajstić information content (AvgIpc) is 2.94. The van der Waals surface area contributed by atoms with Gasteiger partial charge in [-0.15, -0.1) is 12.4 Å². The maximum atomic E-state index is 12.5. The highest BCUT2D eigenvalue weighted by Gasteiger charge is 2.37. The highest BCUT2D eigenvalue weighted by molar-refractivity contribution is 6.00. The number of rotatable bonds is 5. The van der Waals surface area contributed by atoms with Crippen LogP contribution in [-0.2, 0) is 16.0 Å². The minimum absolute atomic E-state index is 0. The molecule has 128 valence electrons. The molecule has 2 amide bonds. The first kappa shape index (κ1) is 19.5. The molecule has 1 heterocycles. The Bertz CT molecular complexity index is 547. The highest BCUT2D eigenvalue weighted by Crippen LogP contribution is 2.26. The van der Waals surface area contributed by atoms with Crippen LogP contribution in [0, 0.1) is 5.92 Å². The summed E-state index contributed by atoms with van der Waals surface area (Å²) in [7, 11) is 1.75. The van der Waals surface area contributed by atoms with E-state index in [2.05, 4.69) is 6.92 Å². The first-order valence-corrected chi connectivity index (χ1v) is 7.84. The molecular formula is C17H26ClN3O2. The lowest BCUT2D eigenvalue weighted by molar-refractivity contribution is -0.136. The minimum Gasteiger partial charge on any atom is -0.341 e. The summed E-state index contributed by atoms with van der Waals surface area (Å²) in [6, 6.07) is 7.95. The van der Waals surface area contributed by atoms with E-state index in [1.54, 1.807) is 16.8 Å². The third-order valence-corrected chi connectivity index (χ3v) is 4.48. The van der Waals surface area contributed by atoms with Gasteiger partial charge in [0, 0.05) is 38.3 Å². The third kappa shape index (κ3) is 4.24. The zero-order valence-corrected chi connectivity index (χ0v) is 14.8. The average molecular weight is 340 g/mol. The van der Waals surface area contributed by atoms with Crippen molar-refractivity contribution in [3.63, 3.8) is 0 Å². The van der Waals surface area contributed by atoms with E-state index in [-0.39, 0.29) is 42.6 Å². The lowest BCUT2D eigenvalue weighted by Gasteiger charge is -2.26. The summed E-state index contributed by atoms with van der Waals surface area (Å²) >= 11 is 0. The molecular weight excluding hydrogens is 314 g/mol. The zero-order chi connectivity index (χ0) is 16.3. The van der Waals surface area contributed by atoms with Gasteiger partial charge in [0.1, 0.15) is 0 Å². The van der Waals surface area contributed by atoms with Crippen LogP contribution < -0.4 is 10.6 Å². The Morgan fingerprint density at radius 3 is 2.52 bits per heavy atom. The largest absolute Gasteiger partial charge is 0.341 e. The minimum atomic E-state index is -0.280. The van der Waals surface area contributed by atoms with E-state index in [1.807, 2.05) is 31.2 Å². The fourth-order valence-corrected chi connectivity index (χ4v) is 2.70. The van der Waals surface area contributed by atoms with Gasteiger partial charge in [0.2, 0.25) is 11.8 Å². The van der Waals surface area contributed by atoms with Gasteiger partial charge in [-0.3, -0.25) is 9.59 Å². The topological polar surface area (TPSA) is 66.6 Å². The van der Waals surface area contributed by atoms with Gasteiger partial charge in [0.05, 0.1) is 5.92 Å². The Morgan fingerprint density at radius 1 is 1.39 bits per heavy atom. The van der Waals surface area contributed by atoms with Crippen LogP contribution in [0.5, 0.6) is 0 Å². The Kier molecular flexibility index (Phi) is 7.03. The van der Waals surface area contributed by atoms with E-state index in [4.69, 9.17) is 5.73 Å². The molecule has 0 radical (unpaired) electrons. The van der Waals surface area contributed by atoms with Crippen LogP contribution in [0.15, 0.2) is 24.3 Å². The third-order valence-electron chi connectivity index (χ3n) is 4.48. The number of amides is 2. The summed E-state index contributed by atoms with van der Waals surface area (Å²) in [6.45, 7) is 4.88. The van der Waals surface area contributed by atoms with E-state index >= 15 is 0 Å². The quantitative estimate of drug-likeness (QED) is 0.890. The number of anilines is 1. The van der Waals surface area contributed by atoms with Gasteiger partial charge in [0.15, 0.2) is 0 Å². The summed E-state index contributed by atoms with van der Waals surface area (Å²) < 4.78 is 0. The van der Waals surface area contributed by atoms with E-state index in [0.29, 0.717) is 13.1 Å². The maximum absolute atomic E-state index is 12.5. The van der Waals surface area contributed by atoms with Crippen LogP contribution in [-0.4, -0.2) is 42.9 Å². The van der Waals surface area contributed by atoms with Crippen molar-refractivity contribution in [1.29, 1.82) is 0 Å². The molecule has 1 aliphatic rings. The van der Waals surface area contributed by atoms with Crippen LogP contribution >= 0.6 is 12.4 Å². The molecule has 0 aliphatic carbocycles. The number of halogens is 1. The molecule has 0 saturated carbocycles. The fourth-order valence-electron chi connectivity index (χ4n) is 2.70. The van der Waals surface area contributed by atoms with Crippen molar-refractivity contribution in [2.45, 2.75) is 32.7 Å². The molecule has 5 nitrogen and oxygen atoms in total. The molecule has 1 aliphatic heterocycles. The number of carbonyl (C=O) groups excluding carboxylic acids is 2. The van der Waals surface area contributed by atoms with Crippen molar-refractivity contribution < 1.29 is 9.59 Å². The van der Waals surface area contributed by atoms with Crippen molar-refractivity contribution in [1.82, 2.24) is 4.90 Å². The SMILES string of the molecule is CCc1ccc(N2CC(C(=O)N(C)C(C)CN)CC2=O)cc1.Cl. The number of hydrogen-bond acceptors (Lipinski definition) is 3. The van der Waals surface area contributed by atoms with E-state index in [0.717, 1.165) is 12.1 Å². The second-order valence-corrected chi connectivity index (χ2v) is 5.96. The summed E-state index contributed by atoms with van der Waals surface area (Å²) in [5, 5.41) is 0. The van der Waals surface area contributed by atoms with Crippen LogP contribution in [0.3, 0.4) is 0 Å². The molecule has 0 aromatic heterocycles. The standard InChI is InChI=1S/C17H25N3O2.ClH/c1-4-13-5-7-15(8-6-13)20-11-14(9-16(20)21)17(22)19(3)12(2)10-18;/h5-8,12,14H,4,9-11,18H2,1-3H3;1H. The van der Waals surface area contributed by atoms with Crippen molar-refractivity contribution in [3.05, 3.63) is 29.8 Å². The Balaban J connectivity index is 0.00000264. The molecule has 2 unspecified atom stereocenters. The molecule has 2 rings (SSSR count). The Hall–Kier alpha value is -1.59. The van der Waals surface area contributed by atoms with E-state index < -0.39 is 0 Å². The first-order valence-electron chi connectivity index (χ1n) is 7.84. The van der Waals surface area contributed by atoms with E-state index in [1.165, 1.54) is 5.56 Å². The van der Waals surface area contributed by atoms with Crippen LogP contribution in [0.4, 0.5) is 5.69 Å². The van der Waals surface area contributed by atoms with Gasteiger partial charge < -0.3 is 15.5 Å². The molecule has 23 heavy (non-hydrogen) atoms. The number of benzene rings is 1. The van der Waals surface area contributed by atoms with Gasteiger partial charge in [-0.1, -0.05) is 19.1 Å². The molecule has 2 N–H and O–H groups in total. The zero-order valence-electron chi connectivity index (χ0n) is 14.0. The summed E-state index contributed by atoms with van der Waals surface area (Å²) in [5.41, 5.74) is 7.71. The Morgan fingerprint density at radius 2 is 2.00 bits per heavy atom. The molecule has 0 bridgehead atoms. The normalized spacial score (nSPS) is 18.5. The predicted molar refractivity (Wildman–Crippen MR) is 94.8 cm³/mol. The summed E-state index contributed by atoms with van der Waals surface area (Å²) in [4.78, 5) is 28.1. The molecule has 1 aromatic carbocycles. The summed E-state index contributed by atoms with van der Waals surface area (Å²) in [6.07, 6.45) is 1.24. The second-order valence-electron chi connectivity index (χ2n) is 5.96. The predicted octanol–water partition coefficient (Wildman–Crippen LogP) is 1.83. The molecule has 1 aromatic rings. The number of nitrogens with zero attached hydrogens (tertiary/aromatic N) is 2. The van der Waals surface area contributed by atoms with Crippen molar-refractivity contribution >= 4 is 29.9 Å². The van der Waals surface area contributed by atoms with Crippen molar-refractivity contribution in [3.8, 4) is 0 Å². The fraction of sp³-hybridized carbons (Fsp3) is 0.529. The van der Waals surface area contributed by atoms with Crippen molar-refractivity contribution in [2.24, 2.45) is 11.7 Å². The van der Waals surface area contributed by atoms with Gasteiger partial charge in [-0.25, -0.2) is 0 Å². The van der Waals surface area contributed by atoms with E-state index in [9.17, 15) is 9.59 Å². The lowest BCUT2D eigenvalue weighted by Crippen LogP contribution is -2.43. The second kappa shape index (κ2) is 8.31. The number of aryl methyl sites for hydroxylation is 1. The van der Waals surface area contributed by atoms with Crippen LogP contribution in [0.1, 0.15) is 25.8 Å². The lowest BCUT2D eigenvalue weighted by atomic mass is 10.1. The first-order chi connectivity index (χ1) is 10.5. The molecule has 6 heteroatoms. The summed E-state index contributed by atoms with van der Waals surface area (Å²) in [5.74, 6) is -0.271. The van der Waals surface area contributed by atoms with Gasteiger partial charge in [0.25, 0.3) is 0 Å². The highest BCUT2D eigenvalue weighted by atomic mass is 35.5. The maximum Gasteiger partial charge on any atom is 0.228 e. The molecule has 1 fully saturated rings. The number of likely N-dealkylation sites (N-methyl/N-ethyl adjacent to an activating group) is 1. The monoisotopic (exact) mass is 339 g/mol. The molecule has 0 spiro atoms. The smallest absolute Gasteiger partial charge is 0.228 e.